The summed E-state index contributed by atoms with van der Waals surface area (Å²) in [6.07, 6.45) is 0. The maximum Gasteiger partial charge on any atom is 0.185 e. The summed E-state index contributed by atoms with van der Waals surface area (Å²) in [7, 11) is 0. The molecule has 0 aliphatic rings. The summed E-state index contributed by atoms with van der Waals surface area (Å²) in [5.74, 6) is 0. The van der Waals surface area contributed by atoms with E-state index < -0.39 is 0 Å². The molecule has 0 amide bonds. The number of nitrogens with one attached hydrogen (secondary N) is 3. The van der Waals surface area contributed by atoms with Gasteiger partial charge < -0.3 is 5.32 Å². The van der Waals surface area contributed by atoms with E-state index in [2.05, 4.69) is 32.1 Å². The number of anilines is 1. The first-order valence-electron chi connectivity index (χ1n) is 4.28. The van der Waals surface area contributed by atoms with E-state index in [0.717, 1.165) is 16.7 Å². The second-order valence-corrected chi connectivity index (χ2v) is 3.94. The lowest BCUT2D eigenvalue weighted by atomic mass is 10.3. The fraction of sp³-hybridized carbons (Fsp3) is 0.222. The van der Waals surface area contributed by atoms with Crippen LogP contribution in [0.5, 0.6) is 0 Å². The van der Waals surface area contributed by atoms with E-state index in [4.69, 9.17) is 12.2 Å². The third-order valence-electron chi connectivity index (χ3n) is 1.48. The molecule has 0 heterocycles. The van der Waals surface area contributed by atoms with Crippen LogP contribution in [0.1, 0.15) is 6.92 Å². The quantitative estimate of drug-likeness (QED) is 0.583. The topological polar surface area (TPSA) is 36.1 Å². The third-order valence-corrected chi connectivity index (χ3v) is 2.22. The smallest absolute Gasteiger partial charge is 0.185 e. The van der Waals surface area contributed by atoms with Crippen LogP contribution >= 0.6 is 28.1 Å². The average Bonchev–Trinajstić information content (AvgIpc) is 2.15. The molecule has 14 heavy (non-hydrogen) atoms. The Hall–Kier alpha value is -0.810. The molecule has 0 unspecified atom stereocenters. The van der Waals surface area contributed by atoms with Gasteiger partial charge in [0.1, 0.15) is 0 Å². The Labute approximate surface area is 97.4 Å². The molecule has 0 spiro atoms. The molecule has 0 saturated carbocycles. The van der Waals surface area contributed by atoms with Crippen molar-refractivity contribution in [3.8, 4) is 0 Å². The van der Waals surface area contributed by atoms with Gasteiger partial charge in [0.2, 0.25) is 0 Å². The van der Waals surface area contributed by atoms with Crippen molar-refractivity contribution >= 4 is 38.9 Å². The average molecular weight is 274 g/mol. The zero-order valence-corrected chi connectivity index (χ0v) is 10.2. The van der Waals surface area contributed by atoms with Crippen molar-refractivity contribution in [1.29, 1.82) is 0 Å². The molecule has 0 aliphatic carbocycles. The first kappa shape index (κ1) is 11.3. The highest BCUT2D eigenvalue weighted by molar-refractivity contribution is 9.10. The van der Waals surface area contributed by atoms with E-state index in [1.807, 2.05) is 31.2 Å². The van der Waals surface area contributed by atoms with Crippen LogP contribution in [-0.2, 0) is 0 Å². The first-order chi connectivity index (χ1) is 6.72. The number of benzene rings is 1. The first-order valence-corrected chi connectivity index (χ1v) is 5.48. The van der Waals surface area contributed by atoms with E-state index in [-0.39, 0.29) is 0 Å². The van der Waals surface area contributed by atoms with Gasteiger partial charge in [0.05, 0.1) is 5.69 Å². The summed E-state index contributed by atoms with van der Waals surface area (Å²) in [6.45, 7) is 2.80. The van der Waals surface area contributed by atoms with Gasteiger partial charge in [-0.15, -0.1) is 0 Å². The fourth-order valence-corrected chi connectivity index (χ4v) is 1.49. The molecule has 0 fully saturated rings. The Morgan fingerprint density at radius 1 is 1.50 bits per heavy atom. The monoisotopic (exact) mass is 273 g/mol. The lowest BCUT2D eigenvalue weighted by Crippen LogP contribution is -2.38. The van der Waals surface area contributed by atoms with Gasteiger partial charge in [-0.3, -0.25) is 10.9 Å². The molecule has 1 rings (SSSR count). The maximum atomic E-state index is 4.99. The molecule has 5 heteroatoms. The van der Waals surface area contributed by atoms with Gasteiger partial charge >= 0.3 is 0 Å². The Balaban J connectivity index is 2.41. The zero-order chi connectivity index (χ0) is 10.4. The second kappa shape index (κ2) is 5.82. The summed E-state index contributed by atoms with van der Waals surface area (Å²) in [6, 6.07) is 7.83. The molecule has 1 aromatic rings. The van der Waals surface area contributed by atoms with Gasteiger partial charge in [-0.05, 0) is 37.3 Å². The SMILES string of the molecule is CCNC(=S)NNc1cccc(Br)c1. The van der Waals surface area contributed by atoms with Gasteiger partial charge in [0.25, 0.3) is 0 Å². The summed E-state index contributed by atoms with van der Waals surface area (Å²) >= 11 is 8.37. The van der Waals surface area contributed by atoms with Crippen molar-refractivity contribution < 1.29 is 0 Å². The van der Waals surface area contributed by atoms with Gasteiger partial charge in [0, 0.05) is 11.0 Å². The normalized spacial score (nSPS) is 9.29. The molecule has 76 valence electrons. The van der Waals surface area contributed by atoms with Crippen LogP contribution in [0.25, 0.3) is 0 Å². The van der Waals surface area contributed by atoms with E-state index in [0.29, 0.717) is 5.11 Å². The van der Waals surface area contributed by atoms with Crippen molar-refractivity contribution in [3.05, 3.63) is 28.7 Å². The Morgan fingerprint density at radius 2 is 2.29 bits per heavy atom. The predicted molar refractivity (Wildman–Crippen MR) is 67.2 cm³/mol. The molecule has 1 aromatic carbocycles. The number of hydrazine groups is 1. The number of rotatable bonds is 3. The highest BCUT2D eigenvalue weighted by atomic mass is 79.9. The van der Waals surface area contributed by atoms with Crippen LogP contribution in [0.3, 0.4) is 0 Å². The number of halogens is 1. The van der Waals surface area contributed by atoms with Gasteiger partial charge in [0.15, 0.2) is 5.11 Å². The standard InChI is InChI=1S/C9H12BrN3S/c1-2-11-9(14)13-12-8-5-3-4-7(10)6-8/h3-6,12H,2H2,1H3,(H2,11,13,14). The number of hydrogen-bond acceptors (Lipinski definition) is 2. The zero-order valence-electron chi connectivity index (χ0n) is 7.80. The molecule has 0 saturated heterocycles. The second-order valence-electron chi connectivity index (χ2n) is 2.62. The molecule has 0 bridgehead atoms. The van der Waals surface area contributed by atoms with E-state index in [9.17, 15) is 0 Å². The minimum atomic E-state index is 0.590. The van der Waals surface area contributed by atoms with E-state index >= 15 is 0 Å². The molecule has 3 N–H and O–H groups in total. The van der Waals surface area contributed by atoms with Crippen LogP contribution in [0.15, 0.2) is 28.7 Å². The molecular weight excluding hydrogens is 262 g/mol. The largest absolute Gasteiger partial charge is 0.362 e. The minimum absolute atomic E-state index is 0.590. The predicted octanol–water partition coefficient (Wildman–Crippen LogP) is 2.26. The summed E-state index contributed by atoms with van der Waals surface area (Å²) in [5, 5.41) is 3.57. The Bertz CT molecular complexity index is 317. The highest BCUT2D eigenvalue weighted by Crippen LogP contribution is 2.14. The maximum absolute atomic E-state index is 4.99. The third kappa shape index (κ3) is 3.93. The van der Waals surface area contributed by atoms with Crippen LogP contribution in [0.4, 0.5) is 5.69 Å². The van der Waals surface area contributed by atoms with Crippen molar-refractivity contribution in [2.45, 2.75) is 6.92 Å². The summed E-state index contributed by atoms with van der Waals surface area (Å²) < 4.78 is 1.03. The van der Waals surface area contributed by atoms with Crippen LogP contribution in [0, 0.1) is 0 Å². The van der Waals surface area contributed by atoms with Crippen LogP contribution < -0.4 is 16.2 Å². The number of hydrogen-bond donors (Lipinski definition) is 3. The molecule has 0 aromatic heterocycles. The van der Waals surface area contributed by atoms with Gasteiger partial charge in [-0.25, -0.2) is 0 Å². The van der Waals surface area contributed by atoms with Crippen molar-refractivity contribution in [2.24, 2.45) is 0 Å². The molecule has 0 atom stereocenters. The molecular formula is C9H12BrN3S. The van der Waals surface area contributed by atoms with Crippen molar-refractivity contribution in [2.75, 3.05) is 12.0 Å². The fourth-order valence-electron chi connectivity index (χ4n) is 0.900. The molecule has 0 aliphatic heterocycles. The Kier molecular flexibility index (Phi) is 4.69. The van der Waals surface area contributed by atoms with Crippen LogP contribution in [0.2, 0.25) is 0 Å². The number of thiocarbonyl (C=S) groups is 1. The van der Waals surface area contributed by atoms with Gasteiger partial charge in [-0.2, -0.15) is 0 Å². The lowest BCUT2D eigenvalue weighted by molar-refractivity contribution is 0.928. The van der Waals surface area contributed by atoms with E-state index in [1.165, 1.54) is 0 Å². The lowest BCUT2D eigenvalue weighted by Gasteiger charge is -2.11. The van der Waals surface area contributed by atoms with E-state index in [1.54, 1.807) is 0 Å². The summed E-state index contributed by atoms with van der Waals surface area (Å²) in [5.41, 5.74) is 6.82. The van der Waals surface area contributed by atoms with Crippen molar-refractivity contribution in [3.63, 3.8) is 0 Å². The minimum Gasteiger partial charge on any atom is -0.362 e. The Morgan fingerprint density at radius 3 is 2.93 bits per heavy atom. The van der Waals surface area contributed by atoms with Crippen molar-refractivity contribution in [1.82, 2.24) is 10.7 Å². The summed E-state index contributed by atoms with van der Waals surface area (Å²) in [4.78, 5) is 0. The molecule has 3 nitrogen and oxygen atoms in total. The van der Waals surface area contributed by atoms with Crippen LogP contribution in [-0.4, -0.2) is 11.7 Å². The molecule has 0 radical (unpaired) electrons. The van der Waals surface area contributed by atoms with Gasteiger partial charge in [-0.1, -0.05) is 22.0 Å². The highest BCUT2D eigenvalue weighted by Gasteiger charge is 1.93.